The van der Waals surface area contributed by atoms with Gasteiger partial charge in [-0.2, -0.15) is 0 Å². The number of halogens is 1. The Bertz CT molecular complexity index is 310. The van der Waals surface area contributed by atoms with Gasteiger partial charge in [-0.1, -0.05) is 51.4 Å². The first-order valence-corrected chi connectivity index (χ1v) is 5.36. The monoisotopic (exact) mass is 239 g/mol. The van der Waals surface area contributed by atoms with Crippen LogP contribution in [-0.2, 0) is 4.84 Å². The molecule has 1 atom stereocenters. The van der Waals surface area contributed by atoms with Crippen molar-refractivity contribution in [3.8, 4) is 0 Å². The molecule has 13 heavy (non-hydrogen) atoms. The molecule has 3 heteroatoms. The van der Waals surface area contributed by atoms with Crippen LogP contribution in [0.4, 0.5) is 0 Å². The molecule has 0 saturated heterocycles. The summed E-state index contributed by atoms with van der Waals surface area (Å²) in [6.07, 6.45) is 1.10. The molecule has 68 valence electrons. The van der Waals surface area contributed by atoms with E-state index >= 15 is 0 Å². The first-order chi connectivity index (χ1) is 6.40. The molecule has 1 heterocycles. The molecule has 1 aromatic rings. The molecule has 0 spiro atoms. The maximum Gasteiger partial charge on any atom is 0.142 e. The lowest BCUT2D eigenvalue weighted by molar-refractivity contribution is 0.104. The van der Waals surface area contributed by atoms with Gasteiger partial charge in [0.05, 0.1) is 5.71 Å². The molecule has 0 fully saturated rings. The molecule has 1 aliphatic rings. The lowest BCUT2D eigenvalue weighted by Crippen LogP contribution is -2.09. The average Bonchev–Trinajstić information content (AvgIpc) is 2.67. The van der Waals surface area contributed by atoms with Gasteiger partial charge in [-0.3, -0.25) is 0 Å². The van der Waals surface area contributed by atoms with Crippen LogP contribution in [0.25, 0.3) is 0 Å². The highest BCUT2D eigenvalue weighted by Gasteiger charge is 2.20. The van der Waals surface area contributed by atoms with Crippen molar-refractivity contribution in [1.82, 2.24) is 0 Å². The van der Waals surface area contributed by atoms with Crippen molar-refractivity contribution < 1.29 is 4.84 Å². The van der Waals surface area contributed by atoms with Crippen molar-refractivity contribution >= 4 is 21.6 Å². The maximum absolute atomic E-state index is 5.21. The largest absolute Gasteiger partial charge is 0.391 e. The number of hydrogen-bond donors (Lipinski definition) is 0. The average molecular weight is 240 g/mol. The number of hydrogen-bond acceptors (Lipinski definition) is 2. The maximum atomic E-state index is 5.21. The van der Waals surface area contributed by atoms with Gasteiger partial charge in [-0.25, -0.2) is 0 Å². The Labute approximate surface area is 85.7 Å². The topological polar surface area (TPSA) is 21.6 Å². The first kappa shape index (κ1) is 8.75. The summed E-state index contributed by atoms with van der Waals surface area (Å²) in [5.41, 5.74) is 2.20. The summed E-state index contributed by atoms with van der Waals surface area (Å²) in [6, 6.07) is 10.1. The Morgan fingerprint density at radius 2 is 2.15 bits per heavy atom. The number of oxime groups is 1. The van der Waals surface area contributed by atoms with Gasteiger partial charge in [0.2, 0.25) is 0 Å². The molecule has 2 nitrogen and oxygen atoms in total. The minimum atomic E-state index is 0.204. The Balaban J connectivity index is 2.12. The summed E-state index contributed by atoms with van der Waals surface area (Å²) in [7, 11) is 0. The van der Waals surface area contributed by atoms with Crippen LogP contribution in [0.15, 0.2) is 35.5 Å². The number of rotatable bonds is 2. The van der Waals surface area contributed by atoms with Crippen LogP contribution < -0.4 is 0 Å². The van der Waals surface area contributed by atoms with E-state index < -0.39 is 0 Å². The zero-order valence-electron chi connectivity index (χ0n) is 7.11. The highest BCUT2D eigenvalue weighted by atomic mass is 79.9. The fourth-order valence-corrected chi connectivity index (χ4v) is 1.66. The van der Waals surface area contributed by atoms with Crippen LogP contribution in [0, 0.1) is 0 Å². The lowest BCUT2D eigenvalue weighted by Gasteiger charge is -2.00. The second-order valence-corrected chi connectivity index (χ2v) is 3.64. The van der Waals surface area contributed by atoms with Crippen LogP contribution in [0.3, 0.4) is 0 Å². The SMILES string of the molecule is BrCC1CC(c2ccccc2)=NO1. The number of benzene rings is 1. The van der Waals surface area contributed by atoms with E-state index in [2.05, 4.69) is 33.2 Å². The normalized spacial score (nSPS) is 21.0. The summed E-state index contributed by atoms with van der Waals surface area (Å²) >= 11 is 3.38. The number of nitrogens with zero attached hydrogens (tertiary/aromatic N) is 1. The fraction of sp³-hybridized carbons (Fsp3) is 0.300. The van der Waals surface area contributed by atoms with Crippen molar-refractivity contribution in [2.75, 3.05) is 5.33 Å². The van der Waals surface area contributed by atoms with Crippen LogP contribution in [0.2, 0.25) is 0 Å². The summed E-state index contributed by atoms with van der Waals surface area (Å²) in [5.74, 6) is 0. The minimum Gasteiger partial charge on any atom is -0.391 e. The van der Waals surface area contributed by atoms with E-state index in [1.54, 1.807) is 0 Å². The molecule has 0 aromatic heterocycles. The summed E-state index contributed by atoms with van der Waals surface area (Å²) in [5, 5.41) is 4.88. The Hall–Kier alpha value is -0.830. The van der Waals surface area contributed by atoms with Gasteiger partial charge in [0, 0.05) is 11.8 Å². The zero-order chi connectivity index (χ0) is 9.10. The van der Waals surface area contributed by atoms with Gasteiger partial charge in [-0.15, -0.1) is 0 Å². The molecule has 0 radical (unpaired) electrons. The van der Waals surface area contributed by atoms with Gasteiger partial charge < -0.3 is 4.84 Å². The van der Waals surface area contributed by atoms with Crippen molar-refractivity contribution in [2.24, 2.45) is 5.16 Å². The van der Waals surface area contributed by atoms with E-state index in [0.29, 0.717) is 0 Å². The lowest BCUT2D eigenvalue weighted by atomic mass is 10.1. The third-order valence-electron chi connectivity index (χ3n) is 2.01. The highest BCUT2D eigenvalue weighted by Crippen LogP contribution is 2.17. The van der Waals surface area contributed by atoms with Crippen LogP contribution in [0.5, 0.6) is 0 Å². The van der Waals surface area contributed by atoms with E-state index in [0.717, 1.165) is 23.0 Å². The molecule has 1 unspecified atom stereocenters. The third kappa shape index (κ3) is 1.91. The second-order valence-electron chi connectivity index (χ2n) is 2.99. The van der Waals surface area contributed by atoms with E-state index in [-0.39, 0.29) is 6.10 Å². The number of alkyl halides is 1. The quantitative estimate of drug-likeness (QED) is 0.728. The molecule has 1 aromatic carbocycles. The standard InChI is InChI=1S/C10H10BrNO/c11-7-9-6-10(12-13-9)8-4-2-1-3-5-8/h1-5,9H,6-7H2. The molecule has 2 rings (SSSR count). The smallest absolute Gasteiger partial charge is 0.142 e. The summed E-state index contributed by atoms with van der Waals surface area (Å²) in [4.78, 5) is 5.21. The highest BCUT2D eigenvalue weighted by molar-refractivity contribution is 9.09. The predicted molar refractivity (Wildman–Crippen MR) is 56.3 cm³/mol. The van der Waals surface area contributed by atoms with Crippen molar-refractivity contribution in [3.05, 3.63) is 35.9 Å². The van der Waals surface area contributed by atoms with E-state index in [1.807, 2.05) is 18.2 Å². The predicted octanol–water partition coefficient (Wildman–Crippen LogP) is 2.57. The fourth-order valence-electron chi connectivity index (χ4n) is 1.31. The molecule has 0 saturated carbocycles. The molecular formula is C10H10BrNO. The molecule has 0 amide bonds. The van der Waals surface area contributed by atoms with Crippen LogP contribution in [0.1, 0.15) is 12.0 Å². The molecule has 0 N–H and O–H groups in total. The summed E-state index contributed by atoms with van der Waals surface area (Å²) in [6.45, 7) is 0. The van der Waals surface area contributed by atoms with E-state index in [4.69, 9.17) is 4.84 Å². The summed E-state index contributed by atoms with van der Waals surface area (Å²) < 4.78 is 0. The van der Waals surface area contributed by atoms with Crippen LogP contribution in [-0.4, -0.2) is 17.1 Å². The second kappa shape index (κ2) is 3.92. The van der Waals surface area contributed by atoms with Crippen molar-refractivity contribution in [2.45, 2.75) is 12.5 Å². The van der Waals surface area contributed by atoms with Crippen LogP contribution >= 0.6 is 15.9 Å². The van der Waals surface area contributed by atoms with Crippen molar-refractivity contribution in [1.29, 1.82) is 0 Å². The van der Waals surface area contributed by atoms with Gasteiger partial charge >= 0.3 is 0 Å². The van der Waals surface area contributed by atoms with Crippen molar-refractivity contribution in [3.63, 3.8) is 0 Å². The van der Waals surface area contributed by atoms with Gasteiger partial charge in [0.25, 0.3) is 0 Å². The third-order valence-corrected chi connectivity index (χ3v) is 2.73. The zero-order valence-corrected chi connectivity index (χ0v) is 8.70. The Morgan fingerprint density at radius 1 is 1.38 bits per heavy atom. The first-order valence-electron chi connectivity index (χ1n) is 4.24. The van der Waals surface area contributed by atoms with Gasteiger partial charge in [0.1, 0.15) is 6.10 Å². The molecule has 1 aliphatic heterocycles. The Kier molecular flexibility index (Phi) is 2.64. The minimum absolute atomic E-state index is 0.204. The van der Waals surface area contributed by atoms with E-state index in [1.165, 1.54) is 0 Å². The molecule has 0 aliphatic carbocycles. The Morgan fingerprint density at radius 3 is 2.77 bits per heavy atom. The molecule has 0 bridgehead atoms. The van der Waals surface area contributed by atoms with Gasteiger partial charge in [0.15, 0.2) is 0 Å². The van der Waals surface area contributed by atoms with E-state index in [9.17, 15) is 0 Å². The van der Waals surface area contributed by atoms with Gasteiger partial charge in [-0.05, 0) is 5.56 Å². The molecular weight excluding hydrogens is 230 g/mol.